The molecule has 1 rings (SSSR count). The van der Waals surface area contributed by atoms with Crippen molar-refractivity contribution in [2.24, 2.45) is 0 Å². The number of hydrogen-bond donors (Lipinski definition) is 1. The number of aliphatic carboxylic acids is 1. The van der Waals surface area contributed by atoms with Gasteiger partial charge in [-0.1, -0.05) is 0 Å². The Morgan fingerprint density at radius 3 is 2.46 bits per heavy atom. The van der Waals surface area contributed by atoms with Crippen LogP contribution in [0.4, 0.5) is 0 Å². The van der Waals surface area contributed by atoms with Gasteiger partial charge in [0.05, 0.1) is 13.2 Å². The largest absolute Gasteiger partial charge is 0.476 e. The van der Waals surface area contributed by atoms with Crippen LogP contribution >= 0.6 is 0 Å². The van der Waals surface area contributed by atoms with Gasteiger partial charge < -0.3 is 9.84 Å². The zero-order chi connectivity index (χ0) is 9.68. The van der Waals surface area contributed by atoms with Gasteiger partial charge in [-0.3, -0.25) is 9.69 Å². The molecule has 0 spiro atoms. The first-order valence-corrected chi connectivity index (χ1v) is 4.26. The van der Waals surface area contributed by atoms with Crippen molar-refractivity contribution >= 4 is 11.8 Å². The van der Waals surface area contributed by atoms with Crippen LogP contribution in [0.1, 0.15) is 6.42 Å². The SMILES string of the molecule is O=C(O)C(=O)CCN1CCOCC1. The number of Topliss-reactive ketones (excluding diaryl/α,β-unsaturated/α-hetero) is 1. The minimum absolute atomic E-state index is 0.0926. The quantitative estimate of drug-likeness (QED) is 0.593. The van der Waals surface area contributed by atoms with Crippen molar-refractivity contribution in [1.29, 1.82) is 0 Å². The Balaban J connectivity index is 2.17. The van der Waals surface area contributed by atoms with Crippen LogP contribution in [0.15, 0.2) is 0 Å². The van der Waals surface area contributed by atoms with E-state index in [-0.39, 0.29) is 6.42 Å². The molecule has 5 heteroatoms. The molecule has 0 aromatic rings. The summed E-state index contributed by atoms with van der Waals surface area (Å²) in [6.45, 7) is 3.43. The third-order valence-electron chi connectivity index (χ3n) is 2.00. The molecular weight excluding hydrogens is 174 g/mol. The van der Waals surface area contributed by atoms with Gasteiger partial charge in [0.1, 0.15) is 0 Å². The summed E-state index contributed by atoms with van der Waals surface area (Å²) in [6.07, 6.45) is 0.0926. The number of morpholine rings is 1. The summed E-state index contributed by atoms with van der Waals surface area (Å²) in [6, 6.07) is 0. The maximum atomic E-state index is 10.7. The van der Waals surface area contributed by atoms with Crippen LogP contribution < -0.4 is 0 Å². The topological polar surface area (TPSA) is 66.8 Å². The Labute approximate surface area is 76.3 Å². The first-order valence-electron chi connectivity index (χ1n) is 4.26. The summed E-state index contributed by atoms with van der Waals surface area (Å²) >= 11 is 0. The predicted octanol–water partition coefficient (Wildman–Crippen LogP) is -0.638. The first kappa shape index (κ1) is 10.1. The van der Waals surface area contributed by atoms with E-state index in [1.165, 1.54) is 0 Å². The van der Waals surface area contributed by atoms with Crippen LogP contribution in [0.5, 0.6) is 0 Å². The number of ketones is 1. The number of carboxylic acids is 1. The second-order valence-electron chi connectivity index (χ2n) is 2.93. The molecule has 1 N–H and O–H groups in total. The van der Waals surface area contributed by atoms with Crippen LogP contribution in [-0.2, 0) is 14.3 Å². The van der Waals surface area contributed by atoms with Gasteiger partial charge >= 0.3 is 5.97 Å². The molecule has 0 aromatic carbocycles. The maximum Gasteiger partial charge on any atom is 0.372 e. The van der Waals surface area contributed by atoms with E-state index in [0.29, 0.717) is 19.8 Å². The molecule has 1 heterocycles. The lowest BCUT2D eigenvalue weighted by atomic mass is 10.2. The fourth-order valence-electron chi connectivity index (χ4n) is 1.19. The highest BCUT2D eigenvalue weighted by Gasteiger charge is 2.15. The minimum Gasteiger partial charge on any atom is -0.476 e. The van der Waals surface area contributed by atoms with E-state index in [1.54, 1.807) is 0 Å². The molecule has 0 aliphatic carbocycles. The van der Waals surface area contributed by atoms with Gasteiger partial charge in [-0.05, 0) is 0 Å². The zero-order valence-electron chi connectivity index (χ0n) is 7.36. The van der Waals surface area contributed by atoms with E-state index in [2.05, 4.69) is 0 Å². The molecule has 0 amide bonds. The van der Waals surface area contributed by atoms with Gasteiger partial charge in [-0.15, -0.1) is 0 Å². The number of hydrogen-bond acceptors (Lipinski definition) is 4. The standard InChI is InChI=1S/C8H13NO4/c10-7(8(11)12)1-2-9-3-5-13-6-4-9/h1-6H2,(H,11,12). The highest BCUT2D eigenvalue weighted by Crippen LogP contribution is 1.98. The van der Waals surface area contributed by atoms with Crippen molar-refractivity contribution in [3.8, 4) is 0 Å². The second-order valence-corrected chi connectivity index (χ2v) is 2.93. The third kappa shape index (κ3) is 3.52. The molecule has 5 nitrogen and oxygen atoms in total. The van der Waals surface area contributed by atoms with Gasteiger partial charge in [0.15, 0.2) is 0 Å². The summed E-state index contributed by atoms with van der Waals surface area (Å²) in [7, 11) is 0. The Morgan fingerprint density at radius 1 is 1.31 bits per heavy atom. The Kier molecular flexibility index (Phi) is 3.85. The number of carboxylic acid groups (broad SMARTS) is 1. The summed E-state index contributed by atoms with van der Waals surface area (Å²) in [5.74, 6) is -2.06. The average molecular weight is 187 g/mol. The molecule has 13 heavy (non-hydrogen) atoms. The molecule has 0 bridgehead atoms. The third-order valence-corrected chi connectivity index (χ3v) is 2.00. The molecule has 0 atom stereocenters. The zero-order valence-corrected chi connectivity index (χ0v) is 7.36. The number of rotatable bonds is 4. The highest BCUT2D eigenvalue weighted by atomic mass is 16.5. The summed E-state index contributed by atoms with van der Waals surface area (Å²) in [5.41, 5.74) is 0. The smallest absolute Gasteiger partial charge is 0.372 e. The Hall–Kier alpha value is -0.940. The predicted molar refractivity (Wildman–Crippen MR) is 44.5 cm³/mol. The monoisotopic (exact) mass is 187 g/mol. The Morgan fingerprint density at radius 2 is 1.92 bits per heavy atom. The number of carbonyl (C=O) groups is 2. The van der Waals surface area contributed by atoms with Crippen LogP contribution in [0.25, 0.3) is 0 Å². The lowest BCUT2D eigenvalue weighted by molar-refractivity contribution is -0.149. The highest BCUT2D eigenvalue weighted by molar-refractivity contribution is 6.32. The van der Waals surface area contributed by atoms with Crippen molar-refractivity contribution in [2.45, 2.75) is 6.42 Å². The normalized spacial score (nSPS) is 18.5. The molecular formula is C8H13NO4. The first-order chi connectivity index (χ1) is 6.20. The number of ether oxygens (including phenoxy) is 1. The summed E-state index contributed by atoms with van der Waals surface area (Å²) in [4.78, 5) is 22.9. The van der Waals surface area contributed by atoms with E-state index >= 15 is 0 Å². The van der Waals surface area contributed by atoms with Crippen molar-refractivity contribution in [1.82, 2.24) is 4.90 Å². The summed E-state index contributed by atoms with van der Waals surface area (Å²) < 4.78 is 5.11. The molecule has 0 unspecified atom stereocenters. The van der Waals surface area contributed by atoms with Crippen LogP contribution in [0.3, 0.4) is 0 Å². The average Bonchev–Trinajstić information content (AvgIpc) is 2.15. The van der Waals surface area contributed by atoms with Crippen LogP contribution in [0, 0.1) is 0 Å². The van der Waals surface area contributed by atoms with Crippen LogP contribution in [-0.4, -0.2) is 54.6 Å². The molecule has 0 radical (unpaired) electrons. The van der Waals surface area contributed by atoms with E-state index in [9.17, 15) is 9.59 Å². The van der Waals surface area contributed by atoms with Crippen LogP contribution in [0.2, 0.25) is 0 Å². The van der Waals surface area contributed by atoms with Gasteiger partial charge in [-0.2, -0.15) is 0 Å². The van der Waals surface area contributed by atoms with Gasteiger partial charge in [0.2, 0.25) is 5.78 Å². The number of carbonyl (C=O) groups excluding carboxylic acids is 1. The van der Waals surface area contributed by atoms with E-state index in [0.717, 1.165) is 13.1 Å². The molecule has 0 aromatic heterocycles. The number of nitrogens with zero attached hydrogens (tertiary/aromatic N) is 1. The minimum atomic E-state index is -1.34. The van der Waals surface area contributed by atoms with Gasteiger partial charge in [0, 0.05) is 26.1 Å². The Bertz CT molecular complexity index is 198. The molecule has 1 fully saturated rings. The summed E-state index contributed by atoms with van der Waals surface area (Å²) in [5, 5.41) is 8.32. The molecule has 0 saturated carbocycles. The molecule has 1 aliphatic heterocycles. The van der Waals surface area contributed by atoms with Crippen molar-refractivity contribution < 1.29 is 19.4 Å². The fraction of sp³-hybridized carbons (Fsp3) is 0.750. The van der Waals surface area contributed by atoms with Gasteiger partial charge in [0.25, 0.3) is 0 Å². The molecule has 74 valence electrons. The molecule has 1 aliphatic rings. The maximum absolute atomic E-state index is 10.7. The van der Waals surface area contributed by atoms with Crippen molar-refractivity contribution in [3.63, 3.8) is 0 Å². The van der Waals surface area contributed by atoms with E-state index in [4.69, 9.17) is 9.84 Å². The van der Waals surface area contributed by atoms with Gasteiger partial charge in [-0.25, -0.2) is 4.79 Å². The van der Waals surface area contributed by atoms with E-state index < -0.39 is 11.8 Å². The van der Waals surface area contributed by atoms with E-state index in [1.807, 2.05) is 4.90 Å². The second kappa shape index (κ2) is 4.94. The fourth-order valence-corrected chi connectivity index (χ4v) is 1.19. The van der Waals surface area contributed by atoms with Crippen molar-refractivity contribution in [3.05, 3.63) is 0 Å². The lowest BCUT2D eigenvalue weighted by Gasteiger charge is -2.25. The molecule has 1 saturated heterocycles. The lowest BCUT2D eigenvalue weighted by Crippen LogP contribution is -2.38. The van der Waals surface area contributed by atoms with Crippen molar-refractivity contribution in [2.75, 3.05) is 32.8 Å².